The molecule has 6 heteroatoms. The van der Waals surface area contributed by atoms with Gasteiger partial charge in [-0.05, 0) is 19.8 Å². The van der Waals surface area contributed by atoms with Gasteiger partial charge in [-0.3, -0.25) is 4.79 Å². The molecule has 0 aliphatic rings. The van der Waals surface area contributed by atoms with E-state index in [4.69, 9.17) is 16.6 Å². The number of nitrogens with one attached hydrogen (secondary N) is 1. The fourth-order valence-electron chi connectivity index (χ4n) is 0.868. The van der Waals surface area contributed by atoms with Crippen LogP contribution in [-0.2, 0) is 4.79 Å². The van der Waals surface area contributed by atoms with Crippen LogP contribution in [0.4, 0.5) is 4.79 Å². The zero-order chi connectivity index (χ0) is 10.4. The number of primary amides is 1. The molecule has 0 saturated heterocycles. The number of hydrogen-bond donors (Lipinski definition) is 4. The maximum Gasteiger partial charge on any atom is 0.320 e. The number of nitrogens with two attached hydrogens (primary N) is 2. The van der Waals surface area contributed by atoms with Crippen LogP contribution < -0.4 is 16.8 Å². The number of carboxylic acid groups (broad SMARTS) is 1. The lowest BCUT2D eigenvalue weighted by atomic mass is 10.1. The summed E-state index contributed by atoms with van der Waals surface area (Å²) in [5, 5.41) is 10.9. The van der Waals surface area contributed by atoms with Gasteiger partial charge in [-0.15, -0.1) is 0 Å². The first kappa shape index (κ1) is 11.7. The molecule has 0 bridgehead atoms. The Bertz CT molecular complexity index is 195. The smallest absolute Gasteiger partial charge is 0.320 e. The SMILES string of the molecule is CC(CCC(N)C(=O)O)NC(N)=O. The van der Waals surface area contributed by atoms with E-state index in [1.165, 1.54) is 0 Å². The number of urea groups is 1. The lowest BCUT2D eigenvalue weighted by Gasteiger charge is -2.13. The number of rotatable bonds is 5. The van der Waals surface area contributed by atoms with E-state index in [0.717, 1.165) is 0 Å². The predicted octanol–water partition coefficient (Wildman–Crippen LogP) is -0.765. The molecule has 2 atom stereocenters. The summed E-state index contributed by atoms with van der Waals surface area (Å²) < 4.78 is 0. The van der Waals surface area contributed by atoms with Crippen molar-refractivity contribution >= 4 is 12.0 Å². The minimum Gasteiger partial charge on any atom is -0.480 e. The van der Waals surface area contributed by atoms with Crippen molar-refractivity contribution in [2.75, 3.05) is 0 Å². The van der Waals surface area contributed by atoms with Crippen molar-refractivity contribution < 1.29 is 14.7 Å². The molecule has 0 rings (SSSR count). The quantitative estimate of drug-likeness (QED) is 0.454. The second-order valence-electron chi connectivity index (χ2n) is 2.93. The Morgan fingerprint density at radius 3 is 2.38 bits per heavy atom. The van der Waals surface area contributed by atoms with Crippen molar-refractivity contribution in [3.8, 4) is 0 Å². The molecule has 13 heavy (non-hydrogen) atoms. The van der Waals surface area contributed by atoms with Gasteiger partial charge in [0.2, 0.25) is 0 Å². The van der Waals surface area contributed by atoms with Crippen molar-refractivity contribution in [2.45, 2.75) is 31.8 Å². The fourth-order valence-corrected chi connectivity index (χ4v) is 0.868. The number of aliphatic carboxylic acids is 1. The van der Waals surface area contributed by atoms with Crippen LogP contribution in [0.15, 0.2) is 0 Å². The van der Waals surface area contributed by atoms with E-state index in [1.807, 2.05) is 0 Å². The summed E-state index contributed by atoms with van der Waals surface area (Å²) in [5.41, 5.74) is 10.1. The first-order chi connectivity index (χ1) is 5.93. The average molecular weight is 189 g/mol. The molecule has 0 aromatic rings. The van der Waals surface area contributed by atoms with Gasteiger partial charge in [-0.1, -0.05) is 0 Å². The molecule has 2 unspecified atom stereocenters. The van der Waals surface area contributed by atoms with Gasteiger partial charge in [0.25, 0.3) is 0 Å². The molecule has 0 aliphatic heterocycles. The highest BCUT2D eigenvalue weighted by Crippen LogP contribution is 1.99. The van der Waals surface area contributed by atoms with Crippen LogP contribution in [0.2, 0.25) is 0 Å². The number of carboxylic acids is 1. The van der Waals surface area contributed by atoms with Crippen LogP contribution in [0.5, 0.6) is 0 Å². The lowest BCUT2D eigenvalue weighted by Crippen LogP contribution is -2.38. The molecule has 6 nitrogen and oxygen atoms in total. The molecule has 76 valence electrons. The molecule has 0 fully saturated rings. The minimum absolute atomic E-state index is 0.150. The first-order valence-corrected chi connectivity index (χ1v) is 3.98. The molecule has 6 N–H and O–H groups in total. The number of hydrogen-bond acceptors (Lipinski definition) is 3. The normalized spacial score (nSPS) is 14.6. The highest BCUT2D eigenvalue weighted by atomic mass is 16.4. The third-order valence-corrected chi connectivity index (χ3v) is 1.62. The Morgan fingerprint density at radius 2 is 2.00 bits per heavy atom. The number of amides is 2. The summed E-state index contributed by atoms with van der Waals surface area (Å²) in [6.07, 6.45) is 0.813. The van der Waals surface area contributed by atoms with E-state index in [9.17, 15) is 9.59 Å². The molecule has 0 aromatic heterocycles. The second kappa shape index (κ2) is 5.36. The molecule has 0 saturated carbocycles. The largest absolute Gasteiger partial charge is 0.480 e. The van der Waals surface area contributed by atoms with Crippen molar-refractivity contribution in [2.24, 2.45) is 11.5 Å². The topological polar surface area (TPSA) is 118 Å². The average Bonchev–Trinajstić information content (AvgIpc) is 1.98. The van der Waals surface area contributed by atoms with Gasteiger partial charge in [-0.2, -0.15) is 0 Å². The standard InChI is InChI=1S/C7H15N3O3/c1-4(10-7(9)13)2-3-5(8)6(11)12/h4-5H,2-3,8H2,1H3,(H,11,12)(H3,9,10,13). The molecule has 0 radical (unpaired) electrons. The van der Waals surface area contributed by atoms with Crippen LogP contribution in [0.1, 0.15) is 19.8 Å². The van der Waals surface area contributed by atoms with Crippen LogP contribution >= 0.6 is 0 Å². The lowest BCUT2D eigenvalue weighted by molar-refractivity contribution is -0.138. The molecular formula is C7H15N3O3. The van der Waals surface area contributed by atoms with Crippen LogP contribution in [0, 0.1) is 0 Å². The van der Waals surface area contributed by atoms with Gasteiger partial charge < -0.3 is 21.9 Å². The Kier molecular flexibility index (Phi) is 4.83. The highest BCUT2D eigenvalue weighted by Gasteiger charge is 2.13. The Balaban J connectivity index is 3.63. The summed E-state index contributed by atoms with van der Waals surface area (Å²) in [4.78, 5) is 20.6. The first-order valence-electron chi connectivity index (χ1n) is 3.98. The third kappa shape index (κ3) is 5.92. The summed E-state index contributed by atoms with van der Waals surface area (Å²) >= 11 is 0. The van der Waals surface area contributed by atoms with Crippen molar-refractivity contribution in [1.29, 1.82) is 0 Å². The van der Waals surface area contributed by atoms with Crippen molar-refractivity contribution in [3.63, 3.8) is 0 Å². The van der Waals surface area contributed by atoms with E-state index in [1.54, 1.807) is 6.92 Å². The van der Waals surface area contributed by atoms with Gasteiger partial charge in [0.05, 0.1) is 0 Å². The van der Waals surface area contributed by atoms with Gasteiger partial charge in [0.1, 0.15) is 6.04 Å². The number of carbonyl (C=O) groups excluding carboxylic acids is 1. The predicted molar refractivity (Wildman–Crippen MR) is 47.0 cm³/mol. The highest BCUT2D eigenvalue weighted by molar-refractivity contribution is 5.73. The van der Waals surface area contributed by atoms with Gasteiger partial charge in [-0.25, -0.2) is 4.79 Å². The van der Waals surface area contributed by atoms with E-state index in [2.05, 4.69) is 5.32 Å². The van der Waals surface area contributed by atoms with E-state index in [0.29, 0.717) is 12.8 Å². The summed E-state index contributed by atoms with van der Waals surface area (Å²) in [7, 11) is 0. The van der Waals surface area contributed by atoms with Gasteiger partial charge >= 0.3 is 12.0 Å². The second-order valence-corrected chi connectivity index (χ2v) is 2.93. The summed E-state index contributed by atoms with van der Waals surface area (Å²) in [6.45, 7) is 1.74. The molecule has 0 heterocycles. The maximum absolute atomic E-state index is 10.4. The van der Waals surface area contributed by atoms with E-state index >= 15 is 0 Å². The summed E-state index contributed by atoms with van der Waals surface area (Å²) in [6, 6.07) is -1.64. The van der Waals surface area contributed by atoms with Crippen LogP contribution in [0.3, 0.4) is 0 Å². The monoisotopic (exact) mass is 189 g/mol. The van der Waals surface area contributed by atoms with Crippen LogP contribution in [0.25, 0.3) is 0 Å². The van der Waals surface area contributed by atoms with Gasteiger partial charge in [0.15, 0.2) is 0 Å². The van der Waals surface area contributed by atoms with Crippen molar-refractivity contribution in [1.82, 2.24) is 5.32 Å². The zero-order valence-electron chi connectivity index (χ0n) is 7.49. The summed E-state index contributed by atoms with van der Waals surface area (Å²) in [5.74, 6) is -1.04. The molecular weight excluding hydrogens is 174 g/mol. The molecule has 2 amide bonds. The van der Waals surface area contributed by atoms with Crippen molar-refractivity contribution in [3.05, 3.63) is 0 Å². The molecule has 0 spiro atoms. The minimum atomic E-state index is -1.04. The Hall–Kier alpha value is -1.30. The number of carbonyl (C=O) groups is 2. The van der Waals surface area contributed by atoms with Crippen LogP contribution in [-0.4, -0.2) is 29.2 Å². The fraction of sp³-hybridized carbons (Fsp3) is 0.714. The zero-order valence-corrected chi connectivity index (χ0v) is 7.49. The van der Waals surface area contributed by atoms with E-state index < -0.39 is 18.0 Å². The molecule has 0 aromatic carbocycles. The molecule has 0 aliphatic carbocycles. The van der Waals surface area contributed by atoms with E-state index in [-0.39, 0.29) is 6.04 Å². The third-order valence-electron chi connectivity index (χ3n) is 1.62. The van der Waals surface area contributed by atoms with Gasteiger partial charge in [0, 0.05) is 6.04 Å². The Morgan fingerprint density at radius 1 is 1.46 bits per heavy atom. The maximum atomic E-state index is 10.4. The Labute approximate surface area is 76.3 Å².